The van der Waals surface area contributed by atoms with Crippen molar-refractivity contribution in [1.29, 1.82) is 0 Å². The molecule has 0 spiro atoms. The molecule has 0 fully saturated rings. The van der Waals surface area contributed by atoms with E-state index in [1.807, 2.05) is 33.4 Å². The molecule has 80 valence electrons. The van der Waals surface area contributed by atoms with Crippen LogP contribution in [-0.2, 0) is 13.6 Å². The van der Waals surface area contributed by atoms with Gasteiger partial charge in [-0.3, -0.25) is 4.68 Å². The first-order chi connectivity index (χ1) is 7.20. The molecule has 0 unspecified atom stereocenters. The molecule has 0 amide bonds. The molecule has 6 nitrogen and oxygen atoms in total. The van der Waals surface area contributed by atoms with Crippen molar-refractivity contribution in [3.05, 3.63) is 23.8 Å². The number of hydrogen-bond donors (Lipinski definition) is 1. The van der Waals surface area contributed by atoms with Gasteiger partial charge in [0.15, 0.2) is 0 Å². The highest BCUT2D eigenvalue weighted by Gasteiger charge is 2.07. The van der Waals surface area contributed by atoms with Crippen LogP contribution in [-0.4, -0.2) is 31.8 Å². The zero-order valence-corrected chi connectivity index (χ0v) is 9.10. The highest BCUT2D eigenvalue weighted by molar-refractivity contribution is 5.32. The van der Waals surface area contributed by atoms with Crippen LogP contribution in [0.25, 0.3) is 5.69 Å². The van der Waals surface area contributed by atoms with E-state index in [0.29, 0.717) is 0 Å². The molecule has 0 aliphatic rings. The van der Waals surface area contributed by atoms with Gasteiger partial charge in [-0.2, -0.15) is 5.10 Å². The van der Waals surface area contributed by atoms with Gasteiger partial charge < -0.3 is 5.32 Å². The Balaban J connectivity index is 2.32. The summed E-state index contributed by atoms with van der Waals surface area (Å²) in [5.74, 6) is 0. The Hall–Kier alpha value is -1.69. The molecule has 0 bridgehead atoms. The molecule has 2 rings (SSSR count). The van der Waals surface area contributed by atoms with E-state index in [1.54, 1.807) is 9.36 Å². The predicted octanol–water partition coefficient (Wildman–Crippen LogP) is 0.0286. The Morgan fingerprint density at radius 3 is 2.80 bits per heavy atom. The van der Waals surface area contributed by atoms with Crippen LogP contribution >= 0.6 is 0 Å². The van der Waals surface area contributed by atoms with Gasteiger partial charge in [0.1, 0.15) is 5.69 Å². The molecule has 0 saturated carbocycles. The van der Waals surface area contributed by atoms with Crippen LogP contribution in [0.3, 0.4) is 0 Å². The maximum Gasteiger partial charge on any atom is 0.107 e. The second-order valence-corrected chi connectivity index (χ2v) is 3.46. The van der Waals surface area contributed by atoms with Crippen molar-refractivity contribution in [2.24, 2.45) is 7.05 Å². The van der Waals surface area contributed by atoms with E-state index in [2.05, 4.69) is 20.7 Å². The molecule has 2 aromatic rings. The van der Waals surface area contributed by atoms with E-state index in [4.69, 9.17) is 0 Å². The smallest absolute Gasteiger partial charge is 0.107 e. The van der Waals surface area contributed by atoms with Crippen molar-refractivity contribution in [2.45, 2.75) is 13.5 Å². The van der Waals surface area contributed by atoms with E-state index in [-0.39, 0.29) is 0 Å². The van der Waals surface area contributed by atoms with Crippen LogP contribution in [0, 0.1) is 6.92 Å². The lowest BCUT2D eigenvalue weighted by atomic mass is 10.4. The first kappa shape index (κ1) is 9.85. The summed E-state index contributed by atoms with van der Waals surface area (Å²) in [6.07, 6.45) is 3.83. The Morgan fingerprint density at radius 2 is 2.20 bits per heavy atom. The maximum absolute atomic E-state index is 4.26. The number of hydrogen-bond acceptors (Lipinski definition) is 4. The quantitative estimate of drug-likeness (QED) is 0.769. The molecule has 15 heavy (non-hydrogen) atoms. The van der Waals surface area contributed by atoms with Gasteiger partial charge in [-0.25, -0.2) is 4.68 Å². The van der Waals surface area contributed by atoms with Gasteiger partial charge in [0.05, 0.1) is 23.8 Å². The van der Waals surface area contributed by atoms with Crippen LogP contribution in [0.15, 0.2) is 12.4 Å². The molecule has 0 atom stereocenters. The molecule has 0 saturated heterocycles. The first-order valence-electron chi connectivity index (χ1n) is 4.77. The molecule has 2 heterocycles. The minimum absolute atomic E-state index is 0.722. The molecule has 1 N–H and O–H groups in total. The standard InChI is InChI=1S/C9H14N6/c1-7-9(6-14(3)12-7)15-5-8(4-10-2)11-13-15/h5-6,10H,4H2,1-3H3. The highest BCUT2D eigenvalue weighted by Crippen LogP contribution is 2.10. The van der Waals surface area contributed by atoms with Crippen LogP contribution in [0.2, 0.25) is 0 Å². The molecule has 2 aromatic heterocycles. The largest absolute Gasteiger partial charge is 0.314 e. The van der Waals surface area contributed by atoms with Gasteiger partial charge in [-0.15, -0.1) is 5.10 Å². The third-order valence-corrected chi connectivity index (χ3v) is 2.13. The lowest BCUT2D eigenvalue weighted by Gasteiger charge is -1.94. The van der Waals surface area contributed by atoms with E-state index in [9.17, 15) is 0 Å². The zero-order valence-electron chi connectivity index (χ0n) is 9.10. The van der Waals surface area contributed by atoms with Crippen molar-refractivity contribution in [3.8, 4) is 5.69 Å². The monoisotopic (exact) mass is 206 g/mol. The summed E-state index contributed by atoms with van der Waals surface area (Å²) < 4.78 is 3.51. The number of nitrogens with zero attached hydrogens (tertiary/aromatic N) is 5. The summed E-state index contributed by atoms with van der Waals surface area (Å²) in [5, 5.41) is 15.4. The second-order valence-electron chi connectivity index (χ2n) is 3.46. The van der Waals surface area contributed by atoms with Crippen molar-refractivity contribution in [1.82, 2.24) is 30.1 Å². The number of rotatable bonds is 3. The second kappa shape index (κ2) is 3.82. The van der Waals surface area contributed by atoms with Crippen molar-refractivity contribution in [2.75, 3.05) is 7.05 Å². The Kier molecular flexibility index (Phi) is 2.51. The van der Waals surface area contributed by atoms with Crippen LogP contribution in [0.1, 0.15) is 11.4 Å². The lowest BCUT2D eigenvalue weighted by Crippen LogP contribution is -2.04. The molecule has 0 aliphatic carbocycles. The first-order valence-corrected chi connectivity index (χ1v) is 4.77. The van der Waals surface area contributed by atoms with E-state index in [1.165, 1.54) is 0 Å². The van der Waals surface area contributed by atoms with Crippen molar-refractivity contribution < 1.29 is 0 Å². The molecule has 0 aromatic carbocycles. The number of nitrogens with one attached hydrogen (secondary N) is 1. The fourth-order valence-corrected chi connectivity index (χ4v) is 1.49. The normalized spacial score (nSPS) is 10.9. The van der Waals surface area contributed by atoms with Gasteiger partial charge in [0, 0.05) is 13.6 Å². The number of aryl methyl sites for hydroxylation is 2. The van der Waals surface area contributed by atoms with Crippen molar-refractivity contribution >= 4 is 0 Å². The van der Waals surface area contributed by atoms with Crippen LogP contribution in [0.4, 0.5) is 0 Å². The topological polar surface area (TPSA) is 60.6 Å². The predicted molar refractivity (Wildman–Crippen MR) is 55.6 cm³/mol. The average molecular weight is 206 g/mol. The highest BCUT2D eigenvalue weighted by atomic mass is 15.4. The van der Waals surface area contributed by atoms with E-state index < -0.39 is 0 Å². The summed E-state index contributed by atoms with van der Waals surface area (Å²) in [5.41, 5.74) is 2.83. The van der Waals surface area contributed by atoms with E-state index in [0.717, 1.165) is 23.6 Å². The van der Waals surface area contributed by atoms with Gasteiger partial charge in [0.25, 0.3) is 0 Å². The lowest BCUT2D eigenvalue weighted by molar-refractivity contribution is 0.755. The molecule has 0 aliphatic heterocycles. The SMILES string of the molecule is CNCc1cn(-c2cn(C)nc2C)nn1. The molecular weight excluding hydrogens is 192 g/mol. The third kappa shape index (κ3) is 1.89. The Morgan fingerprint density at radius 1 is 1.40 bits per heavy atom. The third-order valence-electron chi connectivity index (χ3n) is 2.13. The van der Waals surface area contributed by atoms with E-state index >= 15 is 0 Å². The molecular formula is C9H14N6. The minimum Gasteiger partial charge on any atom is -0.314 e. The zero-order chi connectivity index (χ0) is 10.8. The minimum atomic E-state index is 0.722. The van der Waals surface area contributed by atoms with Gasteiger partial charge >= 0.3 is 0 Å². The maximum atomic E-state index is 4.26. The summed E-state index contributed by atoms with van der Waals surface area (Å²) in [4.78, 5) is 0. The Bertz CT molecular complexity index is 455. The average Bonchev–Trinajstić information content (AvgIpc) is 2.73. The van der Waals surface area contributed by atoms with Crippen molar-refractivity contribution in [3.63, 3.8) is 0 Å². The fraction of sp³-hybridized carbons (Fsp3) is 0.444. The van der Waals surface area contributed by atoms with Gasteiger partial charge in [-0.1, -0.05) is 5.21 Å². The van der Waals surface area contributed by atoms with Crippen LogP contribution in [0.5, 0.6) is 0 Å². The number of aromatic nitrogens is 5. The summed E-state index contributed by atoms with van der Waals surface area (Å²) in [7, 11) is 3.77. The summed E-state index contributed by atoms with van der Waals surface area (Å²) in [6.45, 7) is 2.67. The summed E-state index contributed by atoms with van der Waals surface area (Å²) >= 11 is 0. The molecule has 6 heteroatoms. The van der Waals surface area contributed by atoms with Gasteiger partial charge in [0.2, 0.25) is 0 Å². The Labute approximate surface area is 87.9 Å². The van der Waals surface area contributed by atoms with Gasteiger partial charge in [-0.05, 0) is 14.0 Å². The fourth-order valence-electron chi connectivity index (χ4n) is 1.49. The molecule has 0 radical (unpaired) electrons. The summed E-state index contributed by atoms with van der Waals surface area (Å²) in [6, 6.07) is 0. The van der Waals surface area contributed by atoms with Crippen LogP contribution < -0.4 is 5.32 Å².